The Kier molecular flexibility index (Phi) is 4.50. The molecule has 0 aliphatic carbocycles. The van der Waals surface area contributed by atoms with Gasteiger partial charge in [0.15, 0.2) is 0 Å². The summed E-state index contributed by atoms with van der Waals surface area (Å²) < 4.78 is 18.2. The van der Waals surface area contributed by atoms with Gasteiger partial charge in [0.25, 0.3) is 0 Å². The second kappa shape index (κ2) is 6.12. The van der Waals surface area contributed by atoms with Crippen LogP contribution < -0.4 is 0 Å². The summed E-state index contributed by atoms with van der Waals surface area (Å²) in [6.07, 6.45) is 0.125. The number of rotatable bonds is 4. The van der Waals surface area contributed by atoms with E-state index in [0.29, 0.717) is 22.9 Å². The van der Waals surface area contributed by atoms with Gasteiger partial charge in [0.2, 0.25) is 0 Å². The summed E-state index contributed by atoms with van der Waals surface area (Å²) in [5.41, 5.74) is 1.26. The third-order valence-electron chi connectivity index (χ3n) is 2.35. The van der Waals surface area contributed by atoms with Crippen molar-refractivity contribution >= 4 is 28.9 Å². The number of carbonyl (C=O) groups excluding carboxylic acids is 1. The van der Waals surface area contributed by atoms with E-state index in [1.54, 1.807) is 18.4 Å². The van der Waals surface area contributed by atoms with Crippen LogP contribution in [-0.2, 0) is 16.0 Å². The predicted molar refractivity (Wildman–Crippen MR) is 72.9 cm³/mol. The van der Waals surface area contributed by atoms with Gasteiger partial charge in [0.1, 0.15) is 10.8 Å². The average molecular weight is 300 g/mol. The zero-order chi connectivity index (χ0) is 13.8. The molecule has 0 bridgehead atoms. The zero-order valence-corrected chi connectivity index (χ0v) is 11.7. The maximum absolute atomic E-state index is 13.4. The molecule has 0 spiro atoms. The van der Waals surface area contributed by atoms with Crippen LogP contribution in [0.2, 0.25) is 5.02 Å². The van der Waals surface area contributed by atoms with Gasteiger partial charge in [0.05, 0.1) is 23.7 Å². The number of nitrogens with zero attached hydrogens (tertiary/aromatic N) is 1. The molecule has 0 N–H and O–H groups in total. The van der Waals surface area contributed by atoms with E-state index in [0.717, 1.165) is 0 Å². The second-order valence-electron chi connectivity index (χ2n) is 3.75. The van der Waals surface area contributed by atoms with Gasteiger partial charge in [-0.05, 0) is 19.1 Å². The first kappa shape index (κ1) is 14.0. The van der Waals surface area contributed by atoms with Crippen molar-refractivity contribution in [2.24, 2.45) is 0 Å². The molecular weight excluding hydrogens is 289 g/mol. The van der Waals surface area contributed by atoms with E-state index in [2.05, 4.69) is 4.98 Å². The standard InChI is InChI=1S/C13H11ClFNO2S/c1-2-18-12(17)6-9-7-19-13(16-9)8-3-4-10(14)11(15)5-8/h3-5,7H,2,6H2,1H3. The van der Waals surface area contributed by atoms with Gasteiger partial charge in [-0.25, -0.2) is 9.37 Å². The number of hydrogen-bond acceptors (Lipinski definition) is 4. The van der Waals surface area contributed by atoms with Crippen LogP contribution in [0.1, 0.15) is 12.6 Å². The van der Waals surface area contributed by atoms with Gasteiger partial charge in [-0.15, -0.1) is 11.3 Å². The minimum atomic E-state index is -0.485. The molecule has 100 valence electrons. The summed E-state index contributed by atoms with van der Waals surface area (Å²) in [6, 6.07) is 4.51. The quantitative estimate of drug-likeness (QED) is 0.808. The number of aromatic nitrogens is 1. The van der Waals surface area contributed by atoms with E-state index in [1.165, 1.54) is 23.5 Å². The molecular formula is C13H11ClFNO2S. The normalized spacial score (nSPS) is 10.5. The molecule has 0 atom stereocenters. The number of esters is 1. The Morgan fingerprint density at radius 2 is 2.32 bits per heavy atom. The first-order valence-electron chi connectivity index (χ1n) is 5.65. The molecule has 0 unspecified atom stereocenters. The largest absolute Gasteiger partial charge is 0.466 e. The van der Waals surface area contributed by atoms with Gasteiger partial charge in [-0.2, -0.15) is 0 Å². The SMILES string of the molecule is CCOC(=O)Cc1csc(-c2ccc(Cl)c(F)c2)n1. The van der Waals surface area contributed by atoms with Crippen molar-refractivity contribution in [1.29, 1.82) is 0 Å². The lowest BCUT2D eigenvalue weighted by Crippen LogP contribution is -2.07. The number of ether oxygens (including phenoxy) is 1. The van der Waals surface area contributed by atoms with Crippen molar-refractivity contribution in [2.75, 3.05) is 6.61 Å². The van der Waals surface area contributed by atoms with E-state index in [9.17, 15) is 9.18 Å². The molecule has 6 heteroatoms. The lowest BCUT2D eigenvalue weighted by molar-refractivity contribution is -0.142. The molecule has 1 aromatic carbocycles. The van der Waals surface area contributed by atoms with E-state index in [4.69, 9.17) is 16.3 Å². The summed E-state index contributed by atoms with van der Waals surface area (Å²) in [6.45, 7) is 2.10. The van der Waals surface area contributed by atoms with Crippen molar-refractivity contribution < 1.29 is 13.9 Å². The van der Waals surface area contributed by atoms with Gasteiger partial charge in [-0.1, -0.05) is 17.7 Å². The molecule has 0 aliphatic heterocycles. The highest BCUT2D eigenvalue weighted by Gasteiger charge is 2.11. The van der Waals surface area contributed by atoms with Crippen molar-refractivity contribution in [1.82, 2.24) is 4.98 Å². The van der Waals surface area contributed by atoms with Crippen LogP contribution in [0.25, 0.3) is 10.6 Å². The molecule has 0 radical (unpaired) electrons. The minimum Gasteiger partial charge on any atom is -0.466 e. The van der Waals surface area contributed by atoms with E-state index in [-0.39, 0.29) is 17.4 Å². The van der Waals surface area contributed by atoms with Crippen LogP contribution in [-0.4, -0.2) is 17.6 Å². The smallest absolute Gasteiger partial charge is 0.311 e. The zero-order valence-electron chi connectivity index (χ0n) is 10.2. The maximum atomic E-state index is 13.4. The predicted octanol–water partition coefficient (Wildman–Crippen LogP) is 3.71. The van der Waals surface area contributed by atoms with Gasteiger partial charge < -0.3 is 4.74 Å². The Balaban J connectivity index is 2.16. The number of hydrogen-bond donors (Lipinski definition) is 0. The molecule has 0 fully saturated rings. The fourth-order valence-electron chi connectivity index (χ4n) is 1.51. The van der Waals surface area contributed by atoms with Crippen LogP contribution in [0.3, 0.4) is 0 Å². The Labute approximate surface area is 119 Å². The average Bonchev–Trinajstić information content (AvgIpc) is 2.81. The molecule has 1 aromatic heterocycles. The summed E-state index contributed by atoms with van der Waals surface area (Å²) in [4.78, 5) is 15.6. The van der Waals surface area contributed by atoms with Gasteiger partial charge >= 0.3 is 5.97 Å². The third-order valence-corrected chi connectivity index (χ3v) is 3.60. The molecule has 2 rings (SSSR count). The van der Waals surface area contributed by atoms with Crippen molar-refractivity contribution in [3.63, 3.8) is 0 Å². The Bertz CT molecular complexity index is 600. The van der Waals surface area contributed by atoms with Crippen LogP contribution >= 0.6 is 22.9 Å². The molecule has 0 saturated heterocycles. The topological polar surface area (TPSA) is 39.2 Å². The van der Waals surface area contributed by atoms with E-state index in [1.807, 2.05) is 0 Å². The Morgan fingerprint density at radius 3 is 3.00 bits per heavy atom. The molecule has 3 nitrogen and oxygen atoms in total. The molecule has 0 saturated carbocycles. The minimum absolute atomic E-state index is 0.0760. The number of halogens is 2. The van der Waals surface area contributed by atoms with Gasteiger partial charge in [0, 0.05) is 10.9 Å². The lowest BCUT2D eigenvalue weighted by Gasteiger charge is -1.99. The van der Waals surface area contributed by atoms with Crippen molar-refractivity contribution in [2.45, 2.75) is 13.3 Å². The summed E-state index contributed by atoms with van der Waals surface area (Å²) in [5.74, 6) is -0.803. The fourth-order valence-corrected chi connectivity index (χ4v) is 2.44. The number of carbonyl (C=O) groups is 1. The van der Waals surface area contributed by atoms with Crippen LogP contribution in [0, 0.1) is 5.82 Å². The fraction of sp³-hybridized carbons (Fsp3) is 0.231. The Hall–Kier alpha value is -1.46. The number of thiazole rings is 1. The van der Waals surface area contributed by atoms with Gasteiger partial charge in [-0.3, -0.25) is 4.79 Å². The highest BCUT2D eigenvalue weighted by molar-refractivity contribution is 7.13. The highest BCUT2D eigenvalue weighted by Crippen LogP contribution is 2.27. The van der Waals surface area contributed by atoms with Crippen LogP contribution in [0.5, 0.6) is 0 Å². The van der Waals surface area contributed by atoms with Crippen molar-refractivity contribution in [3.05, 3.63) is 40.1 Å². The Morgan fingerprint density at radius 1 is 1.53 bits per heavy atom. The maximum Gasteiger partial charge on any atom is 0.311 e. The van der Waals surface area contributed by atoms with Crippen LogP contribution in [0.15, 0.2) is 23.6 Å². The monoisotopic (exact) mass is 299 g/mol. The third kappa shape index (κ3) is 3.52. The van der Waals surface area contributed by atoms with E-state index >= 15 is 0 Å². The first-order valence-corrected chi connectivity index (χ1v) is 6.91. The summed E-state index contributed by atoms with van der Waals surface area (Å²) in [7, 11) is 0. The van der Waals surface area contributed by atoms with Crippen molar-refractivity contribution in [3.8, 4) is 10.6 Å². The van der Waals surface area contributed by atoms with Crippen LogP contribution in [0.4, 0.5) is 4.39 Å². The first-order chi connectivity index (χ1) is 9.10. The molecule has 1 heterocycles. The van der Waals surface area contributed by atoms with E-state index < -0.39 is 5.82 Å². The molecule has 0 aliphatic rings. The molecule has 19 heavy (non-hydrogen) atoms. The molecule has 2 aromatic rings. The summed E-state index contributed by atoms with van der Waals surface area (Å²) in [5, 5.41) is 2.49. The second-order valence-corrected chi connectivity index (χ2v) is 5.02. The number of benzene rings is 1. The summed E-state index contributed by atoms with van der Waals surface area (Å²) >= 11 is 6.97. The lowest BCUT2D eigenvalue weighted by atomic mass is 10.2. The highest BCUT2D eigenvalue weighted by atomic mass is 35.5. The molecule has 0 amide bonds.